The molecule has 0 unspecified atom stereocenters. The molecule has 0 aromatic carbocycles. The summed E-state index contributed by atoms with van der Waals surface area (Å²) in [4.78, 5) is 12.8. The molecule has 0 radical (unpaired) electrons. The monoisotopic (exact) mass is 198 g/mol. The van der Waals surface area contributed by atoms with Crippen molar-refractivity contribution in [3.63, 3.8) is 0 Å². The number of hydrogen-bond acceptors (Lipinski definition) is 3. The lowest BCUT2D eigenvalue weighted by molar-refractivity contribution is -0.137. The highest BCUT2D eigenvalue weighted by Crippen LogP contribution is 2.11. The molecule has 0 saturated carbocycles. The van der Waals surface area contributed by atoms with Crippen molar-refractivity contribution in [1.82, 2.24) is 4.90 Å². The van der Waals surface area contributed by atoms with Gasteiger partial charge in [0.1, 0.15) is 6.04 Å². The van der Waals surface area contributed by atoms with Crippen molar-refractivity contribution in [1.29, 1.82) is 0 Å². The van der Waals surface area contributed by atoms with Crippen molar-refractivity contribution in [2.24, 2.45) is 5.73 Å². The Labute approximate surface area is 84.4 Å². The summed E-state index contributed by atoms with van der Waals surface area (Å²) < 4.78 is 0. The molecule has 1 atom stereocenters. The average Bonchev–Trinajstić information content (AvgIpc) is 2.18. The van der Waals surface area contributed by atoms with Crippen LogP contribution >= 0.6 is 0 Å². The molecule has 3 N–H and O–H groups in total. The molecule has 0 aromatic rings. The maximum atomic E-state index is 10.6. The van der Waals surface area contributed by atoms with Crippen molar-refractivity contribution >= 4 is 5.97 Å². The van der Waals surface area contributed by atoms with Gasteiger partial charge in [-0.1, -0.05) is 13.0 Å². The molecule has 0 spiro atoms. The zero-order valence-corrected chi connectivity index (χ0v) is 8.41. The van der Waals surface area contributed by atoms with Gasteiger partial charge in [0, 0.05) is 6.54 Å². The molecule has 0 amide bonds. The third-order valence-electron chi connectivity index (χ3n) is 2.58. The van der Waals surface area contributed by atoms with Crippen LogP contribution in [0.2, 0.25) is 0 Å². The van der Waals surface area contributed by atoms with Gasteiger partial charge in [0.2, 0.25) is 0 Å². The summed E-state index contributed by atoms with van der Waals surface area (Å²) in [5.41, 5.74) is 6.05. The molecule has 1 rings (SSSR count). The lowest BCUT2D eigenvalue weighted by atomic mass is 10.1. The summed E-state index contributed by atoms with van der Waals surface area (Å²) in [5.74, 6) is -0.994. The SMILES string of the molecule is C=C(CN1CCCCC1)[C@@H](N)C(=O)O. The normalized spacial score (nSPS) is 20.4. The van der Waals surface area contributed by atoms with Crippen LogP contribution in [0.25, 0.3) is 0 Å². The van der Waals surface area contributed by atoms with E-state index < -0.39 is 12.0 Å². The number of rotatable bonds is 4. The van der Waals surface area contributed by atoms with E-state index in [1.807, 2.05) is 0 Å². The lowest BCUT2D eigenvalue weighted by Crippen LogP contribution is -2.39. The van der Waals surface area contributed by atoms with Crippen LogP contribution in [-0.4, -0.2) is 41.7 Å². The van der Waals surface area contributed by atoms with Gasteiger partial charge < -0.3 is 10.8 Å². The first kappa shape index (κ1) is 11.2. The number of hydrogen-bond donors (Lipinski definition) is 2. The Morgan fingerprint density at radius 1 is 1.43 bits per heavy atom. The van der Waals surface area contributed by atoms with Crippen LogP contribution in [0.3, 0.4) is 0 Å². The molecule has 1 heterocycles. The second-order valence-electron chi connectivity index (χ2n) is 3.81. The van der Waals surface area contributed by atoms with E-state index in [0.29, 0.717) is 12.1 Å². The van der Waals surface area contributed by atoms with Gasteiger partial charge in [0.25, 0.3) is 0 Å². The van der Waals surface area contributed by atoms with Crippen LogP contribution in [-0.2, 0) is 4.79 Å². The summed E-state index contributed by atoms with van der Waals surface area (Å²) in [5, 5.41) is 8.68. The van der Waals surface area contributed by atoms with E-state index in [1.165, 1.54) is 19.3 Å². The Hall–Kier alpha value is -0.870. The zero-order chi connectivity index (χ0) is 10.6. The van der Waals surface area contributed by atoms with Gasteiger partial charge in [-0.25, -0.2) is 0 Å². The Morgan fingerprint density at radius 2 is 2.00 bits per heavy atom. The minimum atomic E-state index is -0.994. The number of likely N-dealkylation sites (tertiary alicyclic amines) is 1. The maximum absolute atomic E-state index is 10.6. The third kappa shape index (κ3) is 3.12. The van der Waals surface area contributed by atoms with Crippen molar-refractivity contribution in [3.05, 3.63) is 12.2 Å². The molecule has 1 fully saturated rings. The summed E-state index contributed by atoms with van der Waals surface area (Å²) >= 11 is 0. The third-order valence-corrected chi connectivity index (χ3v) is 2.58. The Balaban J connectivity index is 2.35. The van der Waals surface area contributed by atoms with E-state index in [9.17, 15) is 4.79 Å². The van der Waals surface area contributed by atoms with E-state index in [0.717, 1.165) is 13.1 Å². The molecule has 0 bridgehead atoms. The molecule has 1 saturated heterocycles. The van der Waals surface area contributed by atoms with E-state index in [-0.39, 0.29) is 0 Å². The highest BCUT2D eigenvalue weighted by molar-refractivity contribution is 5.76. The fraction of sp³-hybridized carbons (Fsp3) is 0.700. The van der Waals surface area contributed by atoms with Crippen LogP contribution in [0.15, 0.2) is 12.2 Å². The Bertz CT molecular complexity index is 222. The van der Waals surface area contributed by atoms with Gasteiger partial charge >= 0.3 is 5.97 Å². The molecule has 4 nitrogen and oxygen atoms in total. The van der Waals surface area contributed by atoms with Crippen LogP contribution in [0.5, 0.6) is 0 Å². The van der Waals surface area contributed by atoms with Crippen LogP contribution in [0.4, 0.5) is 0 Å². The molecule has 0 aromatic heterocycles. The predicted octanol–water partition coefficient (Wildman–Crippen LogP) is 0.440. The topological polar surface area (TPSA) is 66.6 Å². The zero-order valence-electron chi connectivity index (χ0n) is 8.41. The fourth-order valence-electron chi connectivity index (χ4n) is 1.68. The van der Waals surface area contributed by atoms with Gasteiger partial charge in [-0.05, 0) is 31.5 Å². The van der Waals surface area contributed by atoms with Gasteiger partial charge in [-0.3, -0.25) is 9.69 Å². The predicted molar refractivity (Wildman–Crippen MR) is 55.0 cm³/mol. The maximum Gasteiger partial charge on any atom is 0.324 e. The lowest BCUT2D eigenvalue weighted by Gasteiger charge is -2.27. The first-order chi connectivity index (χ1) is 6.61. The number of nitrogens with zero attached hydrogens (tertiary/aromatic N) is 1. The number of nitrogens with two attached hydrogens (primary N) is 1. The minimum absolute atomic E-state index is 0.597. The van der Waals surface area contributed by atoms with E-state index in [1.54, 1.807) is 0 Å². The number of carboxylic acid groups (broad SMARTS) is 1. The number of carbonyl (C=O) groups is 1. The summed E-state index contributed by atoms with van der Waals surface area (Å²) in [6.07, 6.45) is 3.65. The van der Waals surface area contributed by atoms with E-state index in [4.69, 9.17) is 10.8 Å². The first-order valence-corrected chi connectivity index (χ1v) is 4.99. The standard InChI is InChI=1S/C10H18N2O2/c1-8(9(11)10(13)14)7-12-5-3-2-4-6-12/h9H,1-7,11H2,(H,13,14)/t9-/m1/s1. The van der Waals surface area contributed by atoms with Crippen molar-refractivity contribution in [3.8, 4) is 0 Å². The Kier molecular flexibility index (Phi) is 4.10. The molecular formula is C10H18N2O2. The van der Waals surface area contributed by atoms with Crippen LogP contribution in [0, 0.1) is 0 Å². The van der Waals surface area contributed by atoms with Gasteiger partial charge in [0.15, 0.2) is 0 Å². The van der Waals surface area contributed by atoms with E-state index in [2.05, 4.69) is 11.5 Å². The van der Waals surface area contributed by atoms with Crippen LogP contribution in [0.1, 0.15) is 19.3 Å². The molecule has 0 aliphatic carbocycles. The number of carboxylic acids is 1. The highest BCUT2D eigenvalue weighted by atomic mass is 16.4. The van der Waals surface area contributed by atoms with Gasteiger partial charge in [-0.2, -0.15) is 0 Å². The second kappa shape index (κ2) is 5.12. The van der Waals surface area contributed by atoms with E-state index >= 15 is 0 Å². The highest BCUT2D eigenvalue weighted by Gasteiger charge is 2.18. The molecule has 1 aliphatic rings. The molecule has 4 heteroatoms. The average molecular weight is 198 g/mol. The smallest absolute Gasteiger partial charge is 0.324 e. The fourth-order valence-corrected chi connectivity index (χ4v) is 1.68. The quantitative estimate of drug-likeness (QED) is 0.643. The summed E-state index contributed by atoms with van der Waals surface area (Å²) in [6.45, 7) is 6.41. The molecule has 1 aliphatic heterocycles. The minimum Gasteiger partial charge on any atom is -0.480 e. The van der Waals surface area contributed by atoms with Crippen molar-refractivity contribution in [2.45, 2.75) is 25.3 Å². The molecule has 14 heavy (non-hydrogen) atoms. The summed E-state index contributed by atoms with van der Waals surface area (Å²) in [6, 6.07) is -0.920. The molecule has 80 valence electrons. The van der Waals surface area contributed by atoms with Crippen LogP contribution < -0.4 is 5.73 Å². The van der Waals surface area contributed by atoms with Crippen molar-refractivity contribution < 1.29 is 9.90 Å². The number of piperidine rings is 1. The van der Waals surface area contributed by atoms with Gasteiger partial charge in [0.05, 0.1) is 0 Å². The first-order valence-electron chi connectivity index (χ1n) is 4.99. The van der Waals surface area contributed by atoms with Gasteiger partial charge in [-0.15, -0.1) is 0 Å². The number of aliphatic carboxylic acids is 1. The summed E-state index contributed by atoms with van der Waals surface area (Å²) in [7, 11) is 0. The Morgan fingerprint density at radius 3 is 2.50 bits per heavy atom. The second-order valence-corrected chi connectivity index (χ2v) is 3.81. The molecular weight excluding hydrogens is 180 g/mol. The van der Waals surface area contributed by atoms with Crippen molar-refractivity contribution in [2.75, 3.05) is 19.6 Å². The largest absolute Gasteiger partial charge is 0.480 e.